The molecule has 0 spiro atoms. The SMILES string of the molecule is CSc1ccc2ccc3nc(N)[nH]c(=O)c3c2c1. The Bertz CT molecular complexity index is 810. The fourth-order valence-corrected chi connectivity index (χ4v) is 2.52. The minimum absolute atomic E-state index is 0.146. The van der Waals surface area contributed by atoms with Crippen LogP contribution in [0.15, 0.2) is 40.0 Å². The molecular formula is C13H11N3OS. The number of nitrogens with zero attached hydrogens (tertiary/aromatic N) is 1. The number of H-pyrrole nitrogens is 1. The van der Waals surface area contributed by atoms with Gasteiger partial charge in [0.05, 0.1) is 10.9 Å². The maximum atomic E-state index is 12.0. The minimum atomic E-state index is -0.193. The summed E-state index contributed by atoms with van der Waals surface area (Å²) in [7, 11) is 0. The zero-order chi connectivity index (χ0) is 12.7. The molecule has 3 rings (SSSR count). The van der Waals surface area contributed by atoms with E-state index in [-0.39, 0.29) is 11.5 Å². The molecule has 1 heterocycles. The van der Waals surface area contributed by atoms with Crippen LogP contribution in [0, 0.1) is 0 Å². The van der Waals surface area contributed by atoms with E-state index in [9.17, 15) is 4.79 Å². The number of anilines is 1. The van der Waals surface area contributed by atoms with Crippen LogP contribution in [0.4, 0.5) is 5.95 Å². The summed E-state index contributed by atoms with van der Waals surface area (Å²) in [5.74, 6) is 0.146. The molecule has 18 heavy (non-hydrogen) atoms. The first-order valence-electron chi connectivity index (χ1n) is 5.45. The summed E-state index contributed by atoms with van der Waals surface area (Å²) in [5.41, 5.74) is 5.99. The number of hydrogen-bond acceptors (Lipinski definition) is 4. The van der Waals surface area contributed by atoms with E-state index >= 15 is 0 Å². The lowest BCUT2D eigenvalue weighted by molar-refractivity contribution is 1.19. The van der Waals surface area contributed by atoms with E-state index in [0.29, 0.717) is 10.9 Å². The fourth-order valence-electron chi connectivity index (χ4n) is 2.08. The monoisotopic (exact) mass is 257 g/mol. The van der Waals surface area contributed by atoms with Gasteiger partial charge in [0.15, 0.2) is 0 Å². The Labute approximate surface area is 107 Å². The lowest BCUT2D eigenvalue weighted by Crippen LogP contribution is -2.11. The quantitative estimate of drug-likeness (QED) is 0.518. The van der Waals surface area contributed by atoms with Gasteiger partial charge in [0.2, 0.25) is 5.95 Å². The summed E-state index contributed by atoms with van der Waals surface area (Å²) in [5, 5.41) is 2.53. The third kappa shape index (κ3) is 1.64. The smallest absolute Gasteiger partial charge is 0.260 e. The Morgan fingerprint density at radius 1 is 1.28 bits per heavy atom. The highest BCUT2D eigenvalue weighted by molar-refractivity contribution is 7.98. The number of aromatic amines is 1. The topological polar surface area (TPSA) is 71.8 Å². The van der Waals surface area contributed by atoms with Crippen molar-refractivity contribution >= 4 is 39.4 Å². The molecule has 0 saturated heterocycles. The van der Waals surface area contributed by atoms with Crippen LogP contribution in [0.25, 0.3) is 21.7 Å². The summed E-state index contributed by atoms with van der Waals surface area (Å²) in [6.07, 6.45) is 2.01. The summed E-state index contributed by atoms with van der Waals surface area (Å²) in [4.78, 5) is 19.9. The van der Waals surface area contributed by atoms with Crippen LogP contribution in [0.5, 0.6) is 0 Å². The van der Waals surface area contributed by atoms with E-state index < -0.39 is 0 Å². The zero-order valence-electron chi connectivity index (χ0n) is 9.73. The molecule has 0 aliphatic rings. The number of nitrogens with two attached hydrogens (primary N) is 1. The molecule has 5 heteroatoms. The van der Waals surface area contributed by atoms with Gasteiger partial charge in [0.25, 0.3) is 5.56 Å². The number of nitrogen functional groups attached to an aromatic ring is 1. The first kappa shape index (κ1) is 11.1. The van der Waals surface area contributed by atoms with Gasteiger partial charge in [-0.25, -0.2) is 4.98 Å². The zero-order valence-corrected chi connectivity index (χ0v) is 10.5. The van der Waals surface area contributed by atoms with Crippen LogP contribution in [0.3, 0.4) is 0 Å². The highest BCUT2D eigenvalue weighted by atomic mass is 32.2. The highest BCUT2D eigenvalue weighted by Crippen LogP contribution is 2.26. The third-order valence-corrected chi connectivity index (χ3v) is 3.64. The number of benzene rings is 2. The predicted octanol–water partition coefficient (Wildman–Crippen LogP) is 2.38. The lowest BCUT2D eigenvalue weighted by Gasteiger charge is -2.05. The molecule has 0 aliphatic carbocycles. The van der Waals surface area contributed by atoms with Crippen LogP contribution in [-0.2, 0) is 0 Å². The van der Waals surface area contributed by atoms with Gasteiger partial charge in [-0.05, 0) is 35.2 Å². The van der Waals surface area contributed by atoms with Gasteiger partial charge in [-0.1, -0.05) is 12.1 Å². The van der Waals surface area contributed by atoms with Gasteiger partial charge in [-0.2, -0.15) is 0 Å². The Balaban J connectivity index is 2.54. The Kier molecular flexibility index (Phi) is 2.48. The molecule has 3 N–H and O–H groups in total. The maximum Gasteiger partial charge on any atom is 0.260 e. The van der Waals surface area contributed by atoms with Gasteiger partial charge in [0.1, 0.15) is 0 Å². The van der Waals surface area contributed by atoms with Crippen LogP contribution in [0.1, 0.15) is 0 Å². The molecule has 0 amide bonds. The van der Waals surface area contributed by atoms with Crippen molar-refractivity contribution in [1.29, 1.82) is 0 Å². The van der Waals surface area contributed by atoms with Crippen LogP contribution in [0.2, 0.25) is 0 Å². The first-order chi connectivity index (χ1) is 8.69. The second-order valence-electron chi connectivity index (χ2n) is 4.00. The summed E-state index contributed by atoms with van der Waals surface area (Å²) in [6, 6.07) is 9.83. The number of nitrogens with one attached hydrogen (secondary N) is 1. The largest absolute Gasteiger partial charge is 0.369 e. The van der Waals surface area contributed by atoms with Gasteiger partial charge >= 0.3 is 0 Å². The van der Waals surface area contributed by atoms with Crippen molar-refractivity contribution in [2.45, 2.75) is 4.90 Å². The van der Waals surface area contributed by atoms with Gasteiger partial charge in [0, 0.05) is 4.90 Å². The fraction of sp³-hybridized carbons (Fsp3) is 0.0769. The predicted molar refractivity (Wildman–Crippen MR) is 76.1 cm³/mol. The number of aromatic nitrogens is 2. The Morgan fingerprint density at radius 3 is 2.83 bits per heavy atom. The highest BCUT2D eigenvalue weighted by Gasteiger charge is 2.07. The molecule has 3 aromatic rings. The van der Waals surface area contributed by atoms with E-state index in [1.54, 1.807) is 11.8 Å². The molecule has 1 aromatic heterocycles. The van der Waals surface area contributed by atoms with E-state index in [0.717, 1.165) is 15.7 Å². The number of hydrogen-bond donors (Lipinski definition) is 2. The molecule has 0 saturated carbocycles. The van der Waals surface area contributed by atoms with Crippen molar-refractivity contribution in [2.75, 3.05) is 12.0 Å². The second-order valence-corrected chi connectivity index (χ2v) is 4.88. The van der Waals surface area contributed by atoms with Gasteiger partial charge < -0.3 is 5.73 Å². The van der Waals surface area contributed by atoms with E-state index in [1.165, 1.54) is 0 Å². The van der Waals surface area contributed by atoms with Crippen LogP contribution in [-0.4, -0.2) is 16.2 Å². The molecule has 0 fully saturated rings. The van der Waals surface area contributed by atoms with Crippen LogP contribution < -0.4 is 11.3 Å². The van der Waals surface area contributed by atoms with Crippen molar-refractivity contribution in [2.24, 2.45) is 0 Å². The van der Waals surface area contributed by atoms with E-state index in [1.807, 2.05) is 36.6 Å². The molecule has 0 radical (unpaired) electrons. The summed E-state index contributed by atoms with van der Waals surface area (Å²) < 4.78 is 0. The molecule has 0 bridgehead atoms. The van der Waals surface area contributed by atoms with Crippen molar-refractivity contribution in [3.63, 3.8) is 0 Å². The second kappa shape index (κ2) is 4.03. The Morgan fingerprint density at radius 2 is 2.06 bits per heavy atom. The lowest BCUT2D eigenvalue weighted by atomic mass is 10.1. The summed E-state index contributed by atoms with van der Waals surface area (Å²) in [6.45, 7) is 0. The number of fused-ring (bicyclic) bond motifs is 3. The molecule has 0 atom stereocenters. The molecule has 2 aromatic carbocycles. The summed E-state index contributed by atoms with van der Waals surface area (Å²) >= 11 is 1.64. The van der Waals surface area contributed by atoms with E-state index in [4.69, 9.17) is 5.73 Å². The van der Waals surface area contributed by atoms with Gasteiger partial charge in [-0.15, -0.1) is 11.8 Å². The average molecular weight is 257 g/mol. The normalized spacial score (nSPS) is 11.2. The maximum absolute atomic E-state index is 12.0. The average Bonchev–Trinajstić information content (AvgIpc) is 2.36. The molecule has 90 valence electrons. The number of rotatable bonds is 1. The van der Waals surface area contributed by atoms with Crippen molar-refractivity contribution in [3.8, 4) is 0 Å². The Hall–Kier alpha value is -2.01. The van der Waals surface area contributed by atoms with Gasteiger partial charge in [-0.3, -0.25) is 9.78 Å². The van der Waals surface area contributed by atoms with Crippen molar-refractivity contribution in [3.05, 3.63) is 40.7 Å². The molecule has 0 aliphatic heterocycles. The first-order valence-corrected chi connectivity index (χ1v) is 6.68. The molecular weight excluding hydrogens is 246 g/mol. The van der Waals surface area contributed by atoms with Crippen molar-refractivity contribution in [1.82, 2.24) is 9.97 Å². The van der Waals surface area contributed by atoms with Crippen molar-refractivity contribution < 1.29 is 0 Å². The third-order valence-electron chi connectivity index (χ3n) is 2.92. The van der Waals surface area contributed by atoms with Crippen LogP contribution >= 0.6 is 11.8 Å². The minimum Gasteiger partial charge on any atom is -0.369 e. The standard InChI is InChI=1S/C13H11N3OS/c1-18-8-4-2-7-3-5-10-11(9(7)6-8)12(17)16-13(14)15-10/h2-6H,1H3,(H3,14,15,16,17). The molecule has 0 unspecified atom stereocenters. The molecule has 4 nitrogen and oxygen atoms in total. The van der Waals surface area contributed by atoms with E-state index in [2.05, 4.69) is 9.97 Å². The number of thioether (sulfide) groups is 1.